The maximum absolute atomic E-state index is 13.8. The summed E-state index contributed by atoms with van der Waals surface area (Å²) in [4.78, 5) is 0. The first kappa shape index (κ1) is 14.7. The van der Waals surface area contributed by atoms with E-state index in [1.165, 1.54) is 18.2 Å². The predicted molar refractivity (Wildman–Crippen MR) is 71.5 cm³/mol. The number of hydrogen-bond donors (Lipinski definition) is 1. The van der Waals surface area contributed by atoms with Crippen molar-refractivity contribution < 1.29 is 17.9 Å². The Bertz CT molecular complexity index is 651. The second-order valence-corrected chi connectivity index (χ2v) is 4.15. The third-order valence-electron chi connectivity index (χ3n) is 2.76. The number of anilines is 1. The molecule has 0 aliphatic heterocycles. The first-order valence-corrected chi connectivity index (χ1v) is 6.06. The molecule has 2 rings (SSSR count). The summed E-state index contributed by atoms with van der Waals surface area (Å²) in [7, 11) is 0. The quantitative estimate of drug-likeness (QED) is 0.908. The van der Waals surface area contributed by atoms with Gasteiger partial charge in [0.1, 0.15) is 17.6 Å². The second-order valence-electron chi connectivity index (χ2n) is 4.15. The Hall–Kier alpha value is -2.68. The van der Waals surface area contributed by atoms with E-state index in [1.807, 2.05) is 0 Å². The molecular weight excluding hydrogens is 281 g/mol. The van der Waals surface area contributed by atoms with E-state index in [4.69, 9.17) is 5.26 Å². The van der Waals surface area contributed by atoms with E-state index in [-0.39, 0.29) is 17.9 Å². The van der Waals surface area contributed by atoms with Crippen molar-refractivity contribution in [2.24, 2.45) is 0 Å². The lowest BCUT2D eigenvalue weighted by atomic mass is 10.1. The van der Waals surface area contributed by atoms with Gasteiger partial charge in [0.15, 0.2) is 0 Å². The van der Waals surface area contributed by atoms with Gasteiger partial charge in [0.05, 0.1) is 5.56 Å². The highest BCUT2D eigenvalue weighted by Gasteiger charge is 2.07. The number of ether oxygens (including phenoxy) is 1. The van der Waals surface area contributed by atoms with E-state index >= 15 is 0 Å². The lowest BCUT2D eigenvalue weighted by molar-refractivity contribution is -0.0498. The zero-order valence-electron chi connectivity index (χ0n) is 10.8. The molecule has 0 aliphatic carbocycles. The van der Waals surface area contributed by atoms with Crippen LogP contribution in [0.25, 0.3) is 0 Å². The lowest BCUT2D eigenvalue weighted by Crippen LogP contribution is -2.04. The molecule has 0 saturated carbocycles. The predicted octanol–water partition coefficient (Wildman–Crippen LogP) is 3.91. The molecule has 1 N–H and O–H groups in total. The number of nitrogens with one attached hydrogen (secondary N) is 1. The molecule has 21 heavy (non-hydrogen) atoms. The summed E-state index contributed by atoms with van der Waals surface area (Å²) in [6, 6.07) is 12.2. The first-order chi connectivity index (χ1) is 10.1. The topological polar surface area (TPSA) is 45.0 Å². The fourth-order valence-electron chi connectivity index (χ4n) is 1.75. The fraction of sp³-hybridized carbons (Fsp3) is 0.133. The monoisotopic (exact) mass is 292 g/mol. The molecule has 0 aromatic heterocycles. The maximum Gasteiger partial charge on any atom is 0.387 e. The molecule has 0 spiro atoms. The Kier molecular flexibility index (Phi) is 4.67. The van der Waals surface area contributed by atoms with Crippen molar-refractivity contribution in [1.29, 1.82) is 5.26 Å². The number of alkyl halides is 2. The van der Waals surface area contributed by atoms with Gasteiger partial charge < -0.3 is 10.1 Å². The van der Waals surface area contributed by atoms with Crippen LogP contribution in [-0.2, 0) is 6.54 Å². The Morgan fingerprint density at radius 1 is 1.14 bits per heavy atom. The van der Waals surface area contributed by atoms with Crippen molar-refractivity contribution >= 4 is 5.69 Å². The van der Waals surface area contributed by atoms with Crippen LogP contribution < -0.4 is 10.1 Å². The second kappa shape index (κ2) is 6.66. The van der Waals surface area contributed by atoms with Crippen LogP contribution in [0.15, 0.2) is 42.5 Å². The van der Waals surface area contributed by atoms with Gasteiger partial charge in [-0.1, -0.05) is 12.1 Å². The van der Waals surface area contributed by atoms with Gasteiger partial charge in [-0.05, 0) is 30.3 Å². The van der Waals surface area contributed by atoms with Gasteiger partial charge in [-0.2, -0.15) is 14.0 Å². The van der Waals surface area contributed by atoms with Gasteiger partial charge in [-0.3, -0.25) is 0 Å². The third kappa shape index (κ3) is 3.89. The van der Waals surface area contributed by atoms with Gasteiger partial charge in [-0.15, -0.1) is 0 Å². The van der Waals surface area contributed by atoms with Crippen LogP contribution in [0.1, 0.15) is 11.1 Å². The van der Waals surface area contributed by atoms with Crippen molar-refractivity contribution in [1.82, 2.24) is 0 Å². The smallest absolute Gasteiger partial charge is 0.387 e. The van der Waals surface area contributed by atoms with Crippen LogP contribution in [0, 0.1) is 17.1 Å². The third-order valence-corrected chi connectivity index (χ3v) is 2.76. The lowest BCUT2D eigenvalue weighted by Gasteiger charge is -2.09. The standard InChI is InChI=1S/C15H11F3N2O/c16-14-10(8-19)2-1-3-11(14)9-20-12-4-6-13(7-5-12)21-15(17)18/h1-7,15,20H,9H2. The largest absolute Gasteiger partial charge is 0.435 e. The number of hydrogen-bond acceptors (Lipinski definition) is 3. The summed E-state index contributed by atoms with van der Waals surface area (Å²) in [6.07, 6.45) is 0. The first-order valence-electron chi connectivity index (χ1n) is 6.06. The van der Waals surface area contributed by atoms with E-state index in [2.05, 4.69) is 10.1 Å². The van der Waals surface area contributed by atoms with E-state index in [0.717, 1.165) is 0 Å². The summed E-state index contributed by atoms with van der Waals surface area (Å²) in [6.45, 7) is -2.69. The van der Waals surface area contributed by atoms with Crippen LogP contribution in [-0.4, -0.2) is 6.61 Å². The number of nitrogens with zero attached hydrogens (tertiary/aromatic N) is 1. The minimum absolute atomic E-state index is 0.0185. The summed E-state index contributed by atoms with van der Waals surface area (Å²) in [5, 5.41) is 11.7. The summed E-state index contributed by atoms with van der Waals surface area (Å²) < 4.78 is 42.0. The molecule has 0 saturated heterocycles. The van der Waals surface area contributed by atoms with Crippen LogP contribution in [0.3, 0.4) is 0 Å². The van der Waals surface area contributed by atoms with Crippen LogP contribution in [0.4, 0.5) is 18.9 Å². The molecule has 0 atom stereocenters. The minimum Gasteiger partial charge on any atom is -0.435 e. The maximum atomic E-state index is 13.8. The molecule has 0 aliphatic rings. The molecule has 6 heteroatoms. The van der Waals surface area contributed by atoms with Crippen molar-refractivity contribution in [2.45, 2.75) is 13.2 Å². The molecule has 0 unspecified atom stereocenters. The molecule has 0 radical (unpaired) electrons. The number of rotatable bonds is 5. The average molecular weight is 292 g/mol. The van der Waals surface area contributed by atoms with Gasteiger partial charge >= 0.3 is 6.61 Å². The van der Waals surface area contributed by atoms with E-state index in [9.17, 15) is 13.2 Å². The van der Waals surface area contributed by atoms with Crippen molar-refractivity contribution in [3.8, 4) is 11.8 Å². The normalized spacial score (nSPS) is 10.2. The molecule has 0 bridgehead atoms. The zero-order valence-corrected chi connectivity index (χ0v) is 10.8. The summed E-state index contributed by atoms with van der Waals surface area (Å²) in [5.41, 5.74) is 0.954. The van der Waals surface area contributed by atoms with E-state index in [1.54, 1.807) is 30.3 Å². The molecule has 3 nitrogen and oxygen atoms in total. The van der Waals surface area contributed by atoms with E-state index in [0.29, 0.717) is 11.3 Å². The molecule has 2 aromatic rings. The SMILES string of the molecule is N#Cc1cccc(CNc2ccc(OC(F)F)cc2)c1F. The zero-order chi connectivity index (χ0) is 15.2. The van der Waals surface area contributed by atoms with Crippen molar-refractivity contribution in [3.05, 3.63) is 59.4 Å². The number of nitriles is 1. The molecular formula is C15H11F3N2O. The van der Waals surface area contributed by atoms with Gasteiger partial charge in [0.25, 0.3) is 0 Å². The number of halogens is 3. The van der Waals surface area contributed by atoms with Gasteiger partial charge in [-0.25, -0.2) is 4.39 Å². The molecule has 0 heterocycles. The Labute approximate surface area is 119 Å². The Balaban J connectivity index is 2.02. The van der Waals surface area contributed by atoms with Crippen LogP contribution >= 0.6 is 0 Å². The average Bonchev–Trinajstić information content (AvgIpc) is 2.47. The molecule has 2 aromatic carbocycles. The minimum atomic E-state index is -2.87. The molecule has 0 amide bonds. The Morgan fingerprint density at radius 2 is 1.86 bits per heavy atom. The van der Waals surface area contributed by atoms with Gasteiger partial charge in [0.2, 0.25) is 0 Å². The number of benzene rings is 2. The highest BCUT2D eigenvalue weighted by Crippen LogP contribution is 2.19. The summed E-state index contributed by atoms with van der Waals surface area (Å²) >= 11 is 0. The van der Waals surface area contributed by atoms with Crippen molar-refractivity contribution in [2.75, 3.05) is 5.32 Å². The molecule has 108 valence electrons. The Morgan fingerprint density at radius 3 is 2.48 bits per heavy atom. The fourth-order valence-corrected chi connectivity index (χ4v) is 1.75. The molecule has 0 fully saturated rings. The van der Waals surface area contributed by atoms with E-state index < -0.39 is 12.4 Å². The highest BCUT2D eigenvalue weighted by atomic mass is 19.3. The highest BCUT2D eigenvalue weighted by molar-refractivity contribution is 5.47. The van der Waals surface area contributed by atoms with Crippen LogP contribution in [0.2, 0.25) is 0 Å². The van der Waals surface area contributed by atoms with Gasteiger partial charge in [0, 0.05) is 17.8 Å². The summed E-state index contributed by atoms with van der Waals surface area (Å²) in [5.74, 6) is -0.515. The van der Waals surface area contributed by atoms with Crippen LogP contribution in [0.5, 0.6) is 5.75 Å². The van der Waals surface area contributed by atoms with Crippen molar-refractivity contribution in [3.63, 3.8) is 0 Å².